The molecule has 2 aliphatic rings. The highest BCUT2D eigenvalue weighted by Crippen LogP contribution is 2.21. The van der Waals surface area contributed by atoms with Crippen molar-refractivity contribution >= 4 is 5.95 Å². The number of morpholine rings is 1. The molecule has 0 amide bonds. The van der Waals surface area contributed by atoms with Gasteiger partial charge < -0.3 is 9.64 Å². The van der Waals surface area contributed by atoms with Crippen LogP contribution in [0.3, 0.4) is 0 Å². The lowest BCUT2D eigenvalue weighted by molar-refractivity contribution is -0.00576. The molecule has 1 fully saturated rings. The molecule has 1 N–H and O–H groups in total. The molecule has 0 saturated carbocycles. The van der Waals surface area contributed by atoms with E-state index in [2.05, 4.69) is 59.8 Å². The Morgan fingerprint density at radius 3 is 2.50 bits per heavy atom. The van der Waals surface area contributed by atoms with Crippen LogP contribution in [0.4, 0.5) is 5.95 Å². The second-order valence-corrected chi connectivity index (χ2v) is 8.11. The van der Waals surface area contributed by atoms with Gasteiger partial charge >= 0.3 is 0 Å². The fourth-order valence-electron chi connectivity index (χ4n) is 4.25. The summed E-state index contributed by atoms with van der Waals surface area (Å²) < 4.78 is 5.81. The van der Waals surface area contributed by atoms with Crippen molar-refractivity contribution < 1.29 is 4.74 Å². The Morgan fingerprint density at radius 2 is 1.82 bits per heavy atom. The van der Waals surface area contributed by atoms with Crippen LogP contribution >= 0.6 is 0 Å². The van der Waals surface area contributed by atoms with E-state index in [9.17, 15) is 4.79 Å². The maximum absolute atomic E-state index is 12.7. The van der Waals surface area contributed by atoms with Gasteiger partial charge in [0.15, 0.2) is 0 Å². The fourth-order valence-corrected chi connectivity index (χ4v) is 4.25. The SMILES string of the molecule is CCc1ccc(CN2CCc3c(nc(N4C[C@@H](C)O[C@H](C)C4)[nH]c3=O)C2)cc1. The number of benzene rings is 1. The number of aromatic nitrogens is 2. The quantitative estimate of drug-likeness (QED) is 0.880. The van der Waals surface area contributed by atoms with Crippen LogP contribution < -0.4 is 10.5 Å². The van der Waals surface area contributed by atoms with E-state index < -0.39 is 0 Å². The number of fused-ring (bicyclic) bond motifs is 1. The van der Waals surface area contributed by atoms with Crippen molar-refractivity contribution in [3.63, 3.8) is 0 Å². The molecule has 0 radical (unpaired) electrons. The van der Waals surface area contributed by atoms with Crippen LogP contribution in [0.5, 0.6) is 0 Å². The number of rotatable bonds is 4. The summed E-state index contributed by atoms with van der Waals surface area (Å²) in [6.07, 6.45) is 2.08. The van der Waals surface area contributed by atoms with E-state index >= 15 is 0 Å². The monoisotopic (exact) mass is 382 g/mol. The predicted octanol–water partition coefficient (Wildman–Crippen LogP) is 2.50. The Kier molecular flexibility index (Phi) is 5.51. The fraction of sp³-hybridized carbons (Fsp3) is 0.545. The molecular weight excluding hydrogens is 352 g/mol. The van der Waals surface area contributed by atoms with Crippen molar-refractivity contribution in [3.05, 3.63) is 57.0 Å². The molecule has 3 heterocycles. The zero-order valence-electron chi connectivity index (χ0n) is 17.1. The zero-order chi connectivity index (χ0) is 19.7. The lowest BCUT2D eigenvalue weighted by atomic mass is 10.0. The molecule has 1 aromatic carbocycles. The van der Waals surface area contributed by atoms with E-state index in [0.29, 0.717) is 5.95 Å². The minimum absolute atomic E-state index is 0.0127. The van der Waals surface area contributed by atoms with E-state index in [1.807, 2.05) is 0 Å². The van der Waals surface area contributed by atoms with Gasteiger partial charge in [-0.15, -0.1) is 0 Å². The number of aryl methyl sites for hydroxylation is 1. The topological polar surface area (TPSA) is 61.5 Å². The van der Waals surface area contributed by atoms with Crippen LogP contribution in [0.1, 0.15) is 43.2 Å². The van der Waals surface area contributed by atoms with Gasteiger partial charge in [-0.2, -0.15) is 0 Å². The van der Waals surface area contributed by atoms with Crippen LogP contribution in [0.25, 0.3) is 0 Å². The molecule has 2 atom stereocenters. The zero-order valence-corrected chi connectivity index (χ0v) is 17.1. The first kappa shape index (κ1) is 19.2. The lowest BCUT2D eigenvalue weighted by Crippen LogP contribution is -2.47. The number of nitrogens with zero attached hydrogens (tertiary/aromatic N) is 3. The van der Waals surface area contributed by atoms with Crippen molar-refractivity contribution in [2.75, 3.05) is 24.5 Å². The van der Waals surface area contributed by atoms with Gasteiger partial charge in [0.1, 0.15) is 0 Å². The molecule has 0 unspecified atom stereocenters. The number of hydrogen-bond donors (Lipinski definition) is 1. The predicted molar refractivity (Wildman–Crippen MR) is 111 cm³/mol. The standard InChI is InChI=1S/C22H30N4O2/c1-4-17-5-7-18(8-6-17)13-25-10-9-19-20(14-25)23-22(24-21(19)27)26-11-15(2)28-16(3)12-26/h5-8,15-16H,4,9-14H2,1-3H3,(H,23,24,27)/t15-,16-/m1/s1. The van der Waals surface area contributed by atoms with Crippen molar-refractivity contribution in [1.82, 2.24) is 14.9 Å². The third-order valence-electron chi connectivity index (χ3n) is 5.70. The van der Waals surface area contributed by atoms with Crippen molar-refractivity contribution in [1.29, 1.82) is 0 Å². The van der Waals surface area contributed by atoms with Crippen molar-refractivity contribution in [2.45, 2.75) is 58.9 Å². The summed E-state index contributed by atoms with van der Waals surface area (Å²) in [5.74, 6) is 0.680. The highest BCUT2D eigenvalue weighted by molar-refractivity contribution is 5.35. The molecule has 0 bridgehead atoms. The number of ether oxygens (including phenoxy) is 1. The Balaban J connectivity index is 1.52. The van der Waals surface area contributed by atoms with Crippen LogP contribution in [-0.4, -0.2) is 46.7 Å². The summed E-state index contributed by atoms with van der Waals surface area (Å²) >= 11 is 0. The highest BCUT2D eigenvalue weighted by atomic mass is 16.5. The second kappa shape index (κ2) is 8.05. The molecule has 6 nitrogen and oxygen atoms in total. The van der Waals surface area contributed by atoms with Crippen LogP contribution in [0.2, 0.25) is 0 Å². The Hall–Kier alpha value is -2.18. The van der Waals surface area contributed by atoms with Gasteiger partial charge in [-0.1, -0.05) is 31.2 Å². The van der Waals surface area contributed by atoms with Crippen molar-refractivity contribution in [2.24, 2.45) is 0 Å². The molecule has 2 aliphatic heterocycles. The average molecular weight is 383 g/mol. The summed E-state index contributed by atoms with van der Waals surface area (Å²) in [7, 11) is 0. The molecule has 6 heteroatoms. The maximum atomic E-state index is 12.7. The third kappa shape index (κ3) is 4.13. The van der Waals surface area contributed by atoms with Crippen LogP contribution in [0.15, 0.2) is 29.1 Å². The highest BCUT2D eigenvalue weighted by Gasteiger charge is 2.26. The molecule has 0 aliphatic carbocycles. The molecule has 1 aromatic heterocycles. The van der Waals surface area contributed by atoms with E-state index in [1.54, 1.807) is 0 Å². The van der Waals surface area contributed by atoms with E-state index in [4.69, 9.17) is 9.72 Å². The van der Waals surface area contributed by atoms with Gasteiger partial charge in [0.05, 0.1) is 17.9 Å². The van der Waals surface area contributed by atoms with Crippen molar-refractivity contribution in [3.8, 4) is 0 Å². The second-order valence-electron chi connectivity index (χ2n) is 8.11. The van der Waals surface area contributed by atoms with Crippen LogP contribution in [-0.2, 0) is 30.7 Å². The minimum Gasteiger partial charge on any atom is -0.372 e. The first-order chi connectivity index (χ1) is 13.5. The summed E-state index contributed by atoms with van der Waals surface area (Å²) in [5.41, 5.74) is 4.44. The number of hydrogen-bond acceptors (Lipinski definition) is 5. The van der Waals surface area contributed by atoms with Gasteiger partial charge in [-0.3, -0.25) is 14.7 Å². The summed E-state index contributed by atoms with van der Waals surface area (Å²) in [6.45, 7) is 10.3. The summed E-state index contributed by atoms with van der Waals surface area (Å²) in [5, 5.41) is 0. The molecule has 1 saturated heterocycles. The lowest BCUT2D eigenvalue weighted by Gasteiger charge is -2.36. The molecule has 28 heavy (non-hydrogen) atoms. The average Bonchev–Trinajstić information content (AvgIpc) is 2.67. The van der Waals surface area contributed by atoms with Gasteiger partial charge in [-0.25, -0.2) is 4.98 Å². The molecule has 2 aromatic rings. The Bertz CT molecular complexity index is 867. The first-order valence-electron chi connectivity index (χ1n) is 10.3. The first-order valence-corrected chi connectivity index (χ1v) is 10.3. The molecule has 0 spiro atoms. The maximum Gasteiger partial charge on any atom is 0.255 e. The van der Waals surface area contributed by atoms with Gasteiger partial charge in [-0.05, 0) is 37.8 Å². The van der Waals surface area contributed by atoms with E-state index in [-0.39, 0.29) is 17.8 Å². The molecular formula is C22H30N4O2. The van der Waals surface area contributed by atoms with E-state index in [0.717, 1.165) is 56.8 Å². The van der Waals surface area contributed by atoms with E-state index in [1.165, 1.54) is 11.1 Å². The molecule has 4 rings (SSSR count). The van der Waals surface area contributed by atoms with Gasteiger partial charge in [0.2, 0.25) is 5.95 Å². The van der Waals surface area contributed by atoms with Crippen LogP contribution in [0, 0.1) is 0 Å². The molecule has 150 valence electrons. The smallest absolute Gasteiger partial charge is 0.255 e. The number of anilines is 1. The minimum atomic E-state index is 0.0127. The van der Waals surface area contributed by atoms with Gasteiger partial charge in [0, 0.05) is 38.3 Å². The summed E-state index contributed by atoms with van der Waals surface area (Å²) in [6, 6.07) is 8.83. The third-order valence-corrected chi connectivity index (χ3v) is 5.70. The Morgan fingerprint density at radius 1 is 1.14 bits per heavy atom. The normalized spacial score (nSPS) is 22.9. The van der Waals surface area contributed by atoms with Gasteiger partial charge in [0.25, 0.3) is 5.56 Å². The largest absolute Gasteiger partial charge is 0.372 e. The Labute approximate surface area is 166 Å². The number of nitrogens with one attached hydrogen (secondary N) is 1. The number of aromatic amines is 1. The summed E-state index contributed by atoms with van der Waals surface area (Å²) in [4.78, 5) is 25.0. The number of H-pyrrole nitrogens is 1.